The van der Waals surface area contributed by atoms with Gasteiger partial charge in [0.15, 0.2) is 0 Å². The molecule has 232 valence electrons. The first-order valence-corrected chi connectivity index (χ1v) is 17.3. The molecule has 0 amide bonds. The van der Waals surface area contributed by atoms with E-state index in [-0.39, 0.29) is 5.41 Å². The highest BCUT2D eigenvalue weighted by atomic mass is 15.1. The van der Waals surface area contributed by atoms with E-state index >= 15 is 0 Å². The van der Waals surface area contributed by atoms with Gasteiger partial charge in [-0.3, -0.25) is 0 Å². The number of hydrogen-bond donors (Lipinski definition) is 0. The van der Waals surface area contributed by atoms with Gasteiger partial charge in [-0.15, -0.1) is 0 Å². The lowest BCUT2D eigenvalue weighted by Crippen LogP contribution is -2.30. The molecular formula is C46H38N2. The molecule has 1 aliphatic carbocycles. The smallest absolute Gasteiger partial charge is 0.0542 e. The van der Waals surface area contributed by atoms with Crippen LogP contribution in [-0.2, 0) is 5.41 Å². The Morgan fingerprint density at radius 2 is 1.00 bits per heavy atom. The molecule has 1 aliphatic rings. The van der Waals surface area contributed by atoms with Crippen LogP contribution in [0.1, 0.15) is 43.2 Å². The topological polar surface area (TPSA) is 8.17 Å². The van der Waals surface area contributed by atoms with Crippen molar-refractivity contribution in [2.24, 2.45) is 0 Å². The van der Waals surface area contributed by atoms with Crippen molar-refractivity contribution in [3.63, 3.8) is 0 Å². The van der Waals surface area contributed by atoms with Crippen LogP contribution in [0.25, 0.3) is 38.3 Å². The third kappa shape index (κ3) is 4.71. The van der Waals surface area contributed by atoms with Crippen molar-refractivity contribution >= 4 is 49.6 Å². The molecule has 0 saturated heterocycles. The van der Waals surface area contributed by atoms with Crippen molar-refractivity contribution < 1.29 is 0 Å². The van der Waals surface area contributed by atoms with Gasteiger partial charge in [-0.1, -0.05) is 135 Å². The third-order valence-corrected chi connectivity index (χ3v) is 10.6. The number of para-hydroxylation sites is 2. The summed E-state index contributed by atoms with van der Waals surface area (Å²) < 4.78 is 2.44. The SMILES string of the molecule is c1ccc(N(c2ccc(C3(c4ccccc4)CCCCC3)cc2)c2ccc3c(c2)c2ccccc2n3-c2cccc3ccccc23)cc1. The zero-order chi connectivity index (χ0) is 31.9. The first-order valence-electron chi connectivity index (χ1n) is 17.3. The molecule has 7 aromatic carbocycles. The Labute approximate surface area is 282 Å². The minimum absolute atomic E-state index is 0.0813. The maximum Gasteiger partial charge on any atom is 0.0542 e. The van der Waals surface area contributed by atoms with E-state index in [4.69, 9.17) is 0 Å². The lowest BCUT2D eigenvalue weighted by molar-refractivity contribution is 0.346. The fourth-order valence-electron chi connectivity index (χ4n) is 8.37. The van der Waals surface area contributed by atoms with Gasteiger partial charge in [0.2, 0.25) is 0 Å². The van der Waals surface area contributed by atoms with Crippen LogP contribution in [0.5, 0.6) is 0 Å². The minimum Gasteiger partial charge on any atom is -0.310 e. The summed E-state index contributed by atoms with van der Waals surface area (Å²) in [5, 5.41) is 5.01. The van der Waals surface area contributed by atoms with E-state index in [9.17, 15) is 0 Å². The molecular weight excluding hydrogens is 581 g/mol. The molecule has 48 heavy (non-hydrogen) atoms. The molecule has 1 saturated carbocycles. The largest absolute Gasteiger partial charge is 0.310 e. The molecule has 1 heterocycles. The number of nitrogens with zero attached hydrogens (tertiary/aromatic N) is 2. The zero-order valence-corrected chi connectivity index (χ0v) is 27.1. The zero-order valence-electron chi connectivity index (χ0n) is 27.1. The summed E-state index contributed by atoms with van der Waals surface area (Å²) in [6, 6.07) is 62.5. The molecule has 0 bridgehead atoms. The van der Waals surface area contributed by atoms with Crippen molar-refractivity contribution in [2.45, 2.75) is 37.5 Å². The van der Waals surface area contributed by atoms with Gasteiger partial charge in [0.25, 0.3) is 0 Å². The van der Waals surface area contributed by atoms with Crippen molar-refractivity contribution in [1.82, 2.24) is 4.57 Å². The van der Waals surface area contributed by atoms with Crippen LogP contribution >= 0.6 is 0 Å². The Balaban J connectivity index is 1.20. The van der Waals surface area contributed by atoms with Crippen molar-refractivity contribution in [3.8, 4) is 5.69 Å². The Kier molecular flexibility index (Phi) is 7.08. The van der Waals surface area contributed by atoms with Crippen LogP contribution < -0.4 is 4.90 Å². The average molecular weight is 619 g/mol. The standard InChI is InChI=1S/C46H38N2/c1-4-17-35(18-5-1)46(31-12-3-13-32-46)36-25-27-38(28-26-36)47(37-19-6-2-7-20-37)39-29-30-45-42(33-39)41-22-10-11-23-44(41)48(45)43-24-14-16-34-15-8-9-21-40(34)43/h1-2,4-11,14-30,33H,3,12-13,31-32H2. The average Bonchev–Trinajstić information content (AvgIpc) is 3.49. The van der Waals surface area contributed by atoms with E-state index in [1.54, 1.807) is 0 Å². The Morgan fingerprint density at radius 1 is 0.417 bits per heavy atom. The summed E-state index contributed by atoms with van der Waals surface area (Å²) >= 11 is 0. The molecule has 0 radical (unpaired) electrons. The predicted octanol–water partition coefficient (Wildman–Crippen LogP) is 12.7. The molecule has 9 rings (SSSR count). The normalized spacial score (nSPS) is 14.4. The van der Waals surface area contributed by atoms with Gasteiger partial charge in [0, 0.05) is 38.6 Å². The Morgan fingerprint density at radius 3 is 1.79 bits per heavy atom. The molecule has 0 aliphatic heterocycles. The second-order valence-electron chi connectivity index (χ2n) is 13.3. The van der Waals surface area contributed by atoms with Crippen LogP contribution in [0.3, 0.4) is 0 Å². The van der Waals surface area contributed by atoms with E-state index in [0.29, 0.717) is 0 Å². The minimum atomic E-state index is 0.0813. The summed E-state index contributed by atoms with van der Waals surface area (Å²) in [5.74, 6) is 0. The van der Waals surface area contributed by atoms with Gasteiger partial charge in [-0.25, -0.2) is 0 Å². The molecule has 8 aromatic rings. The maximum absolute atomic E-state index is 2.44. The molecule has 1 aromatic heterocycles. The highest BCUT2D eigenvalue weighted by Gasteiger charge is 2.35. The van der Waals surface area contributed by atoms with Crippen molar-refractivity contribution in [3.05, 3.63) is 181 Å². The maximum atomic E-state index is 2.44. The molecule has 2 nitrogen and oxygen atoms in total. The fourth-order valence-corrected chi connectivity index (χ4v) is 8.37. The van der Waals surface area contributed by atoms with Gasteiger partial charge in [-0.05, 0) is 84.0 Å². The monoisotopic (exact) mass is 618 g/mol. The number of hydrogen-bond acceptors (Lipinski definition) is 1. The molecule has 0 N–H and O–H groups in total. The number of benzene rings is 7. The van der Waals surface area contributed by atoms with Crippen LogP contribution in [0.15, 0.2) is 170 Å². The Hall–Kier alpha value is -5.60. The van der Waals surface area contributed by atoms with Crippen LogP contribution in [0.4, 0.5) is 17.1 Å². The van der Waals surface area contributed by atoms with E-state index in [1.807, 2.05) is 0 Å². The summed E-state index contributed by atoms with van der Waals surface area (Å²) in [6.45, 7) is 0. The summed E-state index contributed by atoms with van der Waals surface area (Å²) in [7, 11) is 0. The van der Waals surface area contributed by atoms with E-state index in [1.165, 1.54) is 87.2 Å². The van der Waals surface area contributed by atoms with Crippen molar-refractivity contribution in [1.29, 1.82) is 0 Å². The lowest BCUT2D eigenvalue weighted by atomic mass is 9.65. The molecule has 1 fully saturated rings. The van der Waals surface area contributed by atoms with Gasteiger partial charge >= 0.3 is 0 Å². The molecule has 0 spiro atoms. The van der Waals surface area contributed by atoms with Gasteiger partial charge < -0.3 is 9.47 Å². The predicted molar refractivity (Wildman–Crippen MR) is 203 cm³/mol. The quantitative estimate of drug-likeness (QED) is 0.180. The summed E-state index contributed by atoms with van der Waals surface area (Å²) in [5.41, 5.74) is 10.1. The fraction of sp³-hybridized carbons (Fsp3) is 0.130. The highest BCUT2D eigenvalue weighted by molar-refractivity contribution is 6.12. The highest BCUT2D eigenvalue weighted by Crippen LogP contribution is 2.46. The van der Waals surface area contributed by atoms with Crippen LogP contribution in [0, 0.1) is 0 Å². The van der Waals surface area contributed by atoms with Crippen LogP contribution in [-0.4, -0.2) is 4.57 Å². The van der Waals surface area contributed by atoms with Crippen LogP contribution in [0.2, 0.25) is 0 Å². The number of anilines is 3. The second kappa shape index (κ2) is 11.9. The third-order valence-electron chi connectivity index (χ3n) is 10.6. The van der Waals surface area contributed by atoms with Gasteiger partial charge in [0.05, 0.1) is 16.7 Å². The van der Waals surface area contributed by atoms with E-state index in [2.05, 4.69) is 179 Å². The first-order chi connectivity index (χ1) is 23.8. The lowest BCUT2D eigenvalue weighted by Gasteiger charge is -2.39. The first kappa shape index (κ1) is 28.6. The molecule has 0 atom stereocenters. The second-order valence-corrected chi connectivity index (χ2v) is 13.3. The summed E-state index contributed by atoms with van der Waals surface area (Å²) in [4.78, 5) is 2.41. The molecule has 2 heteroatoms. The number of rotatable bonds is 6. The number of aromatic nitrogens is 1. The van der Waals surface area contributed by atoms with E-state index in [0.717, 1.165) is 11.4 Å². The summed E-state index contributed by atoms with van der Waals surface area (Å²) in [6.07, 6.45) is 6.29. The molecule has 0 unspecified atom stereocenters. The van der Waals surface area contributed by atoms with Gasteiger partial charge in [-0.2, -0.15) is 0 Å². The number of fused-ring (bicyclic) bond motifs is 4. The van der Waals surface area contributed by atoms with E-state index < -0.39 is 0 Å². The Bertz CT molecular complexity index is 2360. The van der Waals surface area contributed by atoms with Crippen molar-refractivity contribution in [2.75, 3.05) is 4.90 Å². The van der Waals surface area contributed by atoms with Gasteiger partial charge in [0.1, 0.15) is 0 Å².